The molecule has 1 amide bonds. The Kier molecular flexibility index (Phi) is 3.69. The van der Waals surface area contributed by atoms with Gasteiger partial charge in [-0.3, -0.25) is 9.59 Å². The van der Waals surface area contributed by atoms with E-state index < -0.39 is 5.97 Å². The lowest BCUT2D eigenvalue weighted by molar-refractivity contribution is -0.143. The van der Waals surface area contributed by atoms with Crippen molar-refractivity contribution in [2.24, 2.45) is 5.92 Å². The maximum absolute atomic E-state index is 12.0. The summed E-state index contributed by atoms with van der Waals surface area (Å²) in [6.07, 6.45) is 4.37. The summed E-state index contributed by atoms with van der Waals surface area (Å²) in [6.45, 7) is 1.73. The van der Waals surface area contributed by atoms with Gasteiger partial charge in [0.05, 0.1) is 17.7 Å². The smallest absolute Gasteiger partial charge is 0.306 e. The molecule has 1 aliphatic rings. The molecule has 1 aromatic heterocycles. The van der Waals surface area contributed by atoms with Gasteiger partial charge < -0.3 is 14.8 Å². The van der Waals surface area contributed by atoms with Gasteiger partial charge >= 0.3 is 5.97 Å². The molecule has 1 aromatic rings. The van der Waals surface area contributed by atoms with Crippen LogP contribution in [0, 0.1) is 12.8 Å². The molecule has 2 rings (SSSR count). The number of nitrogens with one attached hydrogen (secondary N) is 1. The monoisotopic (exact) mass is 251 g/mol. The number of carbonyl (C=O) groups excluding carboxylic acids is 1. The number of hydrogen-bond donors (Lipinski definition) is 2. The van der Waals surface area contributed by atoms with Crippen molar-refractivity contribution >= 4 is 11.9 Å². The Morgan fingerprint density at radius 1 is 1.44 bits per heavy atom. The lowest BCUT2D eigenvalue weighted by Crippen LogP contribution is -2.40. The van der Waals surface area contributed by atoms with E-state index in [-0.39, 0.29) is 17.9 Å². The van der Waals surface area contributed by atoms with Gasteiger partial charge in [-0.2, -0.15) is 0 Å². The van der Waals surface area contributed by atoms with Crippen LogP contribution >= 0.6 is 0 Å². The lowest BCUT2D eigenvalue weighted by Gasteiger charge is -2.27. The molecule has 2 unspecified atom stereocenters. The molecule has 0 bridgehead atoms. The fourth-order valence-corrected chi connectivity index (χ4v) is 2.43. The van der Waals surface area contributed by atoms with Crippen LogP contribution in [0.4, 0.5) is 0 Å². The van der Waals surface area contributed by atoms with Crippen LogP contribution in [0.5, 0.6) is 0 Å². The first-order valence-corrected chi connectivity index (χ1v) is 6.15. The van der Waals surface area contributed by atoms with E-state index in [1.54, 1.807) is 13.0 Å². The molecule has 2 N–H and O–H groups in total. The van der Waals surface area contributed by atoms with Crippen LogP contribution in [0.1, 0.15) is 41.8 Å². The summed E-state index contributed by atoms with van der Waals surface area (Å²) < 4.78 is 5.08. The Morgan fingerprint density at radius 3 is 2.83 bits per heavy atom. The number of hydrogen-bond acceptors (Lipinski definition) is 3. The second-order valence-corrected chi connectivity index (χ2v) is 4.76. The molecule has 1 heterocycles. The van der Waals surface area contributed by atoms with E-state index in [0.29, 0.717) is 24.2 Å². The van der Waals surface area contributed by atoms with Crippen molar-refractivity contribution in [1.29, 1.82) is 0 Å². The SMILES string of the molecule is Cc1occc1C(=O)NC1CCCC(C(=O)O)C1. The van der Waals surface area contributed by atoms with Gasteiger partial charge in [-0.15, -0.1) is 0 Å². The normalized spacial score (nSPS) is 23.6. The van der Waals surface area contributed by atoms with E-state index in [4.69, 9.17) is 9.52 Å². The largest absolute Gasteiger partial charge is 0.481 e. The molecule has 1 aliphatic carbocycles. The summed E-state index contributed by atoms with van der Waals surface area (Å²) in [5, 5.41) is 11.9. The molecule has 1 saturated carbocycles. The molecule has 18 heavy (non-hydrogen) atoms. The third-order valence-electron chi connectivity index (χ3n) is 3.46. The van der Waals surface area contributed by atoms with Crippen LogP contribution in [0.3, 0.4) is 0 Å². The van der Waals surface area contributed by atoms with Crippen LogP contribution in [0.15, 0.2) is 16.7 Å². The van der Waals surface area contributed by atoms with Crippen LogP contribution < -0.4 is 5.32 Å². The number of amides is 1. The zero-order valence-corrected chi connectivity index (χ0v) is 10.3. The predicted octanol–water partition coefficient (Wildman–Crippen LogP) is 1.96. The van der Waals surface area contributed by atoms with Crippen LogP contribution in [-0.2, 0) is 4.79 Å². The van der Waals surface area contributed by atoms with E-state index >= 15 is 0 Å². The van der Waals surface area contributed by atoms with Crippen molar-refractivity contribution in [3.8, 4) is 0 Å². The molecular formula is C13H17NO4. The highest BCUT2D eigenvalue weighted by Crippen LogP contribution is 2.24. The zero-order chi connectivity index (χ0) is 13.1. The molecule has 0 aromatic carbocycles. The van der Waals surface area contributed by atoms with Crippen molar-refractivity contribution in [2.75, 3.05) is 0 Å². The Labute approximate surface area is 105 Å². The van der Waals surface area contributed by atoms with Gasteiger partial charge in [-0.05, 0) is 32.3 Å². The van der Waals surface area contributed by atoms with Crippen molar-refractivity contribution in [2.45, 2.75) is 38.6 Å². The molecule has 0 saturated heterocycles. The number of carboxylic acids is 1. The van der Waals surface area contributed by atoms with Crippen molar-refractivity contribution in [3.05, 3.63) is 23.7 Å². The maximum Gasteiger partial charge on any atom is 0.306 e. The van der Waals surface area contributed by atoms with Gasteiger partial charge in [0, 0.05) is 6.04 Å². The number of aliphatic carboxylic acids is 1. The maximum atomic E-state index is 12.0. The van der Waals surface area contributed by atoms with Crippen molar-refractivity contribution in [1.82, 2.24) is 5.32 Å². The van der Waals surface area contributed by atoms with E-state index in [1.807, 2.05) is 0 Å². The molecule has 5 heteroatoms. The molecule has 0 radical (unpaired) electrons. The third-order valence-corrected chi connectivity index (χ3v) is 3.46. The molecule has 5 nitrogen and oxygen atoms in total. The average Bonchev–Trinajstić information content (AvgIpc) is 2.76. The van der Waals surface area contributed by atoms with Gasteiger partial charge in [0.2, 0.25) is 0 Å². The van der Waals surface area contributed by atoms with Gasteiger partial charge in [0.1, 0.15) is 5.76 Å². The number of furan rings is 1. The Hall–Kier alpha value is -1.78. The summed E-state index contributed by atoms with van der Waals surface area (Å²) >= 11 is 0. The quantitative estimate of drug-likeness (QED) is 0.860. The molecule has 1 fully saturated rings. The molecule has 0 spiro atoms. The van der Waals surface area contributed by atoms with Gasteiger partial charge in [0.25, 0.3) is 5.91 Å². The fourth-order valence-electron chi connectivity index (χ4n) is 2.43. The van der Waals surface area contributed by atoms with E-state index in [9.17, 15) is 9.59 Å². The van der Waals surface area contributed by atoms with Gasteiger partial charge in [-0.1, -0.05) is 6.42 Å². The first kappa shape index (κ1) is 12.7. The Bertz CT molecular complexity index is 452. The molecule has 98 valence electrons. The number of aryl methyl sites for hydroxylation is 1. The van der Waals surface area contributed by atoms with E-state index in [0.717, 1.165) is 12.8 Å². The second-order valence-electron chi connectivity index (χ2n) is 4.76. The second kappa shape index (κ2) is 5.25. The summed E-state index contributed by atoms with van der Waals surface area (Å²) in [5.41, 5.74) is 0.521. The molecular weight excluding hydrogens is 234 g/mol. The minimum absolute atomic E-state index is 0.0540. The Morgan fingerprint density at radius 2 is 2.22 bits per heavy atom. The molecule has 0 aliphatic heterocycles. The predicted molar refractivity (Wildman–Crippen MR) is 64.3 cm³/mol. The zero-order valence-electron chi connectivity index (χ0n) is 10.3. The van der Waals surface area contributed by atoms with Crippen molar-refractivity contribution < 1.29 is 19.1 Å². The van der Waals surface area contributed by atoms with E-state index in [2.05, 4.69) is 5.32 Å². The van der Waals surface area contributed by atoms with Gasteiger partial charge in [-0.25, -0.2) is 0 Å². The van der Waals surface area contributed by atoms with Crippen molar-refractivity contribution in [3.63, 3.8) is 0 Å². The Balaban J connectivity index is 1.95. The first-order chi connectivity index (χ1) is 8.58. The topological polar surface area (TPSA) is 79.5 Å². The highest BCUT2D eigenvalue weighted by Gasteiger charge is 2.28. The fraction of sp³-hybridized carbons (Fsp3) is 0.538. The lowest BCUT2D eigenvalue weighted by atomic mass is 9.85. The van der Waals surface area contributed by atoms with Gasteiger partial charge in [0.15, 0.2) is 0 Å². The molecule has 2 atom stereocenters. The summed E-state index contributed by atoms with van der Waals surface area (Å²) in [7, 11) is 0. The average molecular weight is 251 g/mol. The highest BCUT2D eigenvalue weighted by atomic mass is 16.4. The summed E-state index contributed by atoms with van der Waals surface area (Å²) in [4.78, 5) is 22.9. The minimum Gasteiger partial charge on any atom is -0.481 e. The summed E-state index contributed by atoms with van der Waals surface area (Å²) in [5.74, 6) is -0.710. The van der Waals surface area contributed by atoms with Crippen LogP contribution in [0.2, 0.25) is 0 Å². The number of carbonyl (C=O) groups is 2. The highest BCUT2D eigenvalue weighted by molar-refractivity contribution is 5.95. The first-order valence-electron chi connectivity index (χ1n) is 6.15. The van der Waals surface area contributed by atoms with E-state index in [1.165, 1.54) is 6.26 Å². The van der Waals surface area contributed by atoms with Crippen LogP contribution in [-0.4, -0.2) is 23.0 Å². The summed E-state index contributed by atoms with van der Waals surface area (Å²) in [6, 6.07) is 1.57. The number of carboxylic acid groups (broad SMARTS) is 1. The standard InChI is InChI=1S/C13H17NO4/c1-8-11(5-6-18-8)12(15)14-10-4-2-3-9(7-10)13(16)17/h5-6,9-10H,2-4,7H2,1H3,(H,14,15)(H,16,17). The number of rotatable bonds is 3. The third kappa shape index (κ3) is 2.72. The van der Waals surface area contributed by atoms with Crippen LogP contribution in [0.25, 0.3) is 0 Å². The minimum atomic E-state index is -0.770.